The first kappa shape index (κ1) is 16.2. The third kappa shape index (κ3) is 5.87. The summed E-state index contributed by atoms with van der Waals surface area (Å²) in [7, 11) is 1.58. The van der Waals surface area contributed by atoms with E-state index < -0.39 is 11.5 Å². The first-order valence-electron chi connectivity index (χ1n) is 6.79. The van der Waals surface area contributed by atoms with Gasteiger partial charge in [-0.25, -0.2) is 0 Å². The van der Waals surface area contributed by atoms with E-state index in [1.807, 2.05) is 51.1 Å². The van der Waals surface area contributed by atoms with Gasteiger partial charge in [-0.3, -0.25) is 9.59 Å². The van der Waals surface area contributed by atoms with Gasteiger partial charge in [0, 0.05) is 7.05 Å². The minimum absolute atomic E-state index is 0.0891. The summed E-state index contributed by atoms with van der Waals surface area (Å²) in [5.41, 5.74) is 0.501. The number of benzene rings is 1. The minimum Gasteiger partial charge on any atom is -0.460 e. The molecule has 20 heavy (non-hydrogen) atoms. The van der Waals surface area contributed by atoms with Gasteiger partial charge in [-0.05, 0) is 32.8 Å². The predicted molar refractivity (Wildman–Crippen MR) is 78.2 cm³/mol. The molecule has 1 rings (SSSR count). The Kier molecular flexibility index (Phi) is 5.74. The minimum atomic E-state index is -0.531. The van der Waals surface area contributed by atoms with Gasteiger partial charge in [0.2, 0.25) is 5.91 Å². The molecule has 0 radical (unpaired) electrons. The fourth-order valence-corrected chi connectivity index (χ4v) is 1.94. The zero-order valence-corrected chi connectivity index (χ0v) is 12.6. The van der Waals surface area contributed by atoms with Crippen molar-refractivity contribution in [2.75, 3.05) is 7.05 Å². The van der Waals surface area contributed by atoms with Crippen molar-refractivity contribution < 1.29 is 14.3 Å². The second-order valence-electron chi connectivity index (χ2n) is 5.79. The van der Waals surface area contributed by atoms with Gasteiger partial charge >= 0.3 is 5.97 Å². The summed E-state index contributed by atoms with van der Waals surface area (Å²) in [6, 6.07) is 9.66. The molecule has 1 amide bonds. The highest BCUT2D eigenvalue weighted by Crippen LogP contribution is 2.16. The molecule has 0 aliphatic carbocycles. The Bertz CT molecular complexity index is 449. The lowest BCUT2D eigenvalue weighted by Gasteiger charge is -2.21. The molecular formula is C16H23NO3. The van der Waals surface area contributed by atoms with Crippen molar-refractivity contribution in [1.29, 1.82) is 0 Å². The van der Waals surface area contributed by atoms with E-state index in [1.165, 1.54) is 0 Å². The lowest BCUT2D eigenvalue weighted by atomic mass is 9.95. The van der Waals surface area contributed by atoms with Crippen LogP contribution in [0, 0.1) is 5.92 Å². The summed E-state index contributed by atoms with van der Waals surface area (Å²) in [5, 5.41) is 2.61. The van der Waals surface area contributed by atoms with Gasteiger partial charge in [-0.1, -0.05) is 30.3 Å². The molecule has 1 atom stereocenters. The van der Waals surface area contributed by atoms with Gasteiger partial charge < -0.3 is 10.1 Å². The number of carbonyl (C=O) groups excluding carboxylic acids is 2. The highest BCUT2D eigenvalue weighted by molar-refractivity contribution is 5.83. The van der Waals surface area contributed by atoms with Crippen LogP contribution in [0.2, 0.25) is 0 Å². The van der Waals surface area contributed by atoms with Crippen molar-refractivity contribution in [3.05, 3.63) is 35.9 Å². The Labute approximate surface area is 120 Å². The third-order valence-electron chi connectivity index (χ3n) is 2.78. The number of esters is 1. The second kappa shape index (κ2) is 7.08. The Balaban J connectivity index is 2.70. The van der Waals surface area contributed by atoms with Crippen LogP contribution in [-0.2, 0) is 20.7 Å². The average Bonchev–Trinajstić information content (AvgIpc) is 2.36. The van der Waals surface area contributed by atoms with Crippen molar-refractivity contribution in [3.8, 4) is 0 Å². The molecule has 0 saturated carbocycles. The van der Waals surface area contributed by atoms with Crippen molar-refractivity contribution in [3.63, 3.8) is 0 Å². The smallest absolute Gasteiger partial charge is 0.307 e. The van der Waals surface area contributed by atoms with E-state index in [0.29, 0.717) is 6.42 Å². The number of rotatable bonds is 5. The van der Waals surface area contributed by atoms with Crippen molar-refractivity contribution in [1.82, 2.24) is 5.32 Å². The molecule has 0 fully saturated rings. The maximum atomic E-state index is 11.9. The molecule has 0 bridgehead atoms. The summed E-state index contributed by atoms with van der Waals surface area (Å²) in [5.74, 6) is -0.890. The van der Waals surface area contributed by atoms with Gasteiger partial charge in [0.05, 0.1) is 12.3 Å². The molecule has 110 valence electrons. The lowest BCUT2D eigenvalue weighted by Crippen LogP contribution is -2.33. The largest absolute Gasteiger partial charge is 0.460 e. The van der Waals surface area contributed by atoms with Crippen LogP contribution in [0.3, 0.4) is 0 Å². The van der Waals surface area contributed by atoms with Gasteiger partial charge in [-0.2, -0.15) is 0 Å². The lowest BCUT2D eigenvalue weighted by molar-refractivity contribution is -0.157. The number of amides is 1. The average molecular weight is 277 g/mol. The van der Waals surface area contributed by atoms with Crippen molar-refractivity contribution in [2.24, 2.45) is 5.92 Å². The monoisotopic (exact) mass is 277 g/mol. The Morgan fingerprint density at radius 2 is 1.80 bits per heavy atom. The van der Waals surface area contributed by atoms with Crippen LogP contribution in [-0.4, -0.2) is 24.5 Å². The van der Waals surface area contributed by atoms with Crippen molar-refractivity contribution in [2.45, 2.75) is 39.2 Å². The number of hydrogen-bond acceptors (Lipinski definition) is 3. The summed E-state index contributed by atoms with van der Waals surface area (Å²) < 4.78 is 5.28. The summed E-state index contributed by atoms with van der Waals surface area (Å²) >= 11 is 0. The molecular weight excluding hydrogens is 254 g/mol. The van der Waals surface area contributed by atoms with Gasteiger partial charge in [0.15, 0.2) is 0 Å². The van der Waals surface area contributed by atoms with E-state index in [1.54, 1.807) is 7.05 Å². The molecule has 0 aromatic heterocycles. The standard InChI is InChI=1S/C16H23NO3/c1-16(2,3)20-14(18)11-13(15(19)17-4)10-12-8-6-5-7-9-12/h5-9,13H,10-11H2,1-4H3,(H,17,19)/t13-/m1/s1. The Hall–Kier alpha value is -1.84. The molecule has 1 N–H and O–H groups in total. The van der Waals surface area contributed by atoms with Crippen LogP contribution in [0.4, 0.5) is 0 Å². The molecule has 0 spiro atoms. The molecule has 1 aromatic rings. The van der Waals surface area contributed by atoms with Crippen LogP contribution < -0.4 is 5.32 Å². The number of ether oxygens (including phenoxy) is 1. The van der Waals surface area contributed by atoms with Gasteiger partial charge in [0.1, 0.15) is 5.60 Å². The maximum Gasteiger partial charge on any atom is 0.307 e. The highest BCUT2D eigenvalue weighted by atomic mass is 16.6. The summed E-state index contributed by atoms with van der Waals surface area (Å²) in [6.07, 6.45) is 0.617. The maximum absolute atomic E-state index is 11.9. The van der Waals surface area contributed by atoms with Crippen LogP contribution in [0.1, 0.15) is 32.8 Å². The summed E-state index contributed by atoms with van der Waals surface area (Å²) in [6.45, 7) is 5.45. The Morgan fingerprint density at radius 3 is 2.30 bits per heavy atom. The number of nitrogens with one attached hydrogen (secondary N) is 1. The van der Waals surface area contributed by atoms with Crippen LogP contribution in [0.5, 0.6) is 0 Å². The Morgan fingerprint density at radius 1 is 1.20 bits per heavy atom. The first-order chi connectivity index (χ1) is 9.31. The molecule has 0 heterocycles. The molecule has 0 aliphatic heterocycles. The van der Waals surface area contributed by atoms with E-state index >= 15 is 0 Å². The van der Waals surface area contributed by atoms with E-state index in [0.717, 1.165) is 5.56 Å². The predicted octanol–water partition coefficient (Wildman–Crippen LogP) is 2.32. The van der Waals surface area contributed by atoms with E-state index in [9.17, 15) is 9.59 Å². The highest BCUT2D eigenvalue weighted by Gasteiger charge is 2.25. The van der Waals surface area contributed by atoms with E-state index in [2.05, 4.69) is 5.32 Å². The fraction of sp³-hybridized carbons (Fsp3) is 0.500. The van der Waals surface area contributed by atoms with Gasteiger partial charge in [0.25, 0.3) is 0 Å². The van der Waals surface area contributed by atoms with Crippen LogP contribution in [0.25, 0.3) is 0 Å². The SMILES string of the molecule is CNC(=O)[C@@H](CC(=O)OC(C)(C)C)Cc1ccccc1. The fourth-order valence-electron chi connectivity index (χ4n) is 1.94. The molecule has 0 saturated heterocycles. The number of hydrogen-bond donors (Lipinski definition) is 1. The second-order valence-corrected chi connectivity index (χ2v) is 5.79. The van der Waals surface area contributed by atoms with E-state index in [-0.39, 0.29) is 18.3 Å². The normalized spacial score (nSPS) is 12.6. The molecule has 0 unspecified atom stereocenters. The quantitative estimate of drug-likeness (QED) is 0.840. The van der Waals surface area contributed by atoms with Crippen molar-refractivity contribution >= 4 is 11.9 Å². The van der Waals surface area contributed by atoms with Gasteiger partial charge in [-0.15, -0.1) is 0 Å². The molecule has 4 heteroatoms. The zero-order chi connectivity index (χ0) is 15.2. The molecule has 0 aliphatic rings. The number of carbonyl (C=O) groups is 2. The summed E-state index contributed by atoms with van der Waals surface area (Å²) in [4.78, 5) is 23.8. The van der Waals surface area contributed by atoms with Crippen LogP contribution >= 0.6 is 0 Å². The first-order valence-corrected chi connectivity index (χ1v) is 6.79. The van der Waals surface area contributed by atoms with E-state index in [4.69, 9.17) is 4.74 Å². The molecule has 4 nitrogen and oxygen atoms in total. The van der Waals surface area contributed by atoms with Crippen LogP contribution in [0.15, 0.2) is 30.3 Å². The topological polar surface area (TPSA) is 55.4 Å². The zero-order valence-electron chi connectivity index (χ0n) is 12.6. The third-order valence-corrected chi connectivity index (χ3v) is 2.78. The molecule has 1 aromatic carbocycles.